The summed E-state index contributed by atoms with van der Waals surface area (Å²) in [5.41, 5.74) is 7.01. The fourth-order valence-corrected chi connectivity index (χ4v) is 2.88. The molecule has 0 saturated heterocycles. The lowest BCUT2D eigenvalue weighted by molar-refractivity contribution is 0.1000. The van der Waals surface area contributed by atoms with E-state index in [0.29, 0.717) is 11.6 Å². The van der Waals surface area contributed by atoms with Gasteiger partial charge in [-0.3, -0.25) is 4.79 Å². The van der Waals surface area contributed by atoms with E-state index in [1.807, 2.05) is 18.2 Å². The highest BCUT2D eigenvalue weighted by Crippen LogP contribution is 2.28. The van der Waals surface area contributed by atoms with Crippen LogP contribution in [0.1, 0.15) is 48.5 Å². The van der Waals surface area contributed by atoms with E-state index in [9.17, 15) is 4.79 Å². The van der Waals surface area contributed by atoms with Crippen LogP contribution in [0.2, 0.25) is 0 Å². The van der Waals surface area contributed by atoms with Gasteiger partial charge >= 0.3 is 0 Å². The van der Waals surface area contributed by atoms with E-state index >= 15 is 0 Å². The van der Waals surface area contributed by atoms with Crippen molar-refractivity contribution in [3.05, 3.63) is 35.4 Å². The summed E-state index contributed by atoms with van der Waals surface area (Å²) in [7, 11) is 0. The summed E-state index contributed by atoms with van der Waals surface area (Å²) in [6.45, 7) is 3.08. The highest BCUT2D eigenvalue weighted by atomic mass is 16.1. The van der Waals surface area contributed by atoms with Gasteiger partial charge in [-0.1, -0.05) is 31.9 Å². The molecule has 0 aliphatic heterocycles. The highest BCUT2D eigenvalue weighted by Gasteiger charge is 2.24. The smallest absolute Gasteiger partial charge is 0.248 e. The van der Waals surface area contributed by atoms with Gasteiger partial charge < -0.3 is 11.1 Å². The summed E-state index contributed by atoms with van der Waals surface area (Å²) < 4.78 is 0. The maximum atomic E-state index is 11.1. The van der Waals surface area contributed by atoms with Crippen LogP contribution in [0.5, 0.6) is 0 Å². The van der Waals surface area contributed by atoms with Crippen LogP contribution in [-0.4, -0.2) is 11.9 Å². The summed E-state index contributed by atoms with van der Waals surface area (Å²) in [6, 6.07) is 8.20. The number of nitrogens with two attached hydrogens (primary N) is 1. The van der Waals surface area contributed by atoms with Crippen molar-refractivity contribution < 1.29 is 4.79 Å². The Labute approximate surface area is 109 Å². The normalized spacial score (nSPS) is 23.2. The molecule has 3 nitrogen and oxygen atoms in total. The molecule has 18 heavy (non-hydrogen) atoms. The second kappa shape index (κ2) is 6.01. The van der Waals surface area contributed by atoms with Crippen molar-refractivity contribution >= 4 is 5.91 Å². The largest absolute Gasteiger partial charge is 0.366 e. The monoisotopic (exact) mass is 246 g/mol. The molecule has 0 aromatic heterocycles. The van der Waals surface area contributed by atoms with Gasteiger partial charge in [0.25, 0.3) is 0 Å². The van der Waals surface area contributed by atoms with E-state index in [-0.39, 0.29) is 5.91 Å². The SMILES string of the molecule is CCC1CCCC1NCc1cccc(C(N)=O)c1. The number of hydrogen-bond acceptors (Lipinski definition) is 2. The van der Waals surface area contributed by atoms with Crippen LogP contribution in [0.25, 0.3) is 0 Å². The van der Waals surface area contributed by atoms with E-state index in [1.54, 1.807) is 6.07 Å². The molecule has 0 heterocycles. The molecule has 1 aromatic carbocycles. The summed E-state index contributed by atoms with van der Waals surface area (Å²) in [4.78, 5) is 11.1. The van der Waals surface area contributed by atoms with Crippen LogP contribution in [0.3, 0.4) is 0 Å². The average molecular weight is 246 g/mol. The predicted molar refractivity (Wildman–Crippen MR) is 73.2 cm³/mol. The molecule has 1 aromatic rings. The van der Waals surface area contributed by atoms with Crippen molar-refractivity contribution in [3.8, 4) is 0 Å². The van der Waals surface area contributed by atoms with Gasteiger partial charge in [-0.05, 0) is 36.5 Å². The summed E-state index contributed by atoms with van der Waals surface area (Å²) in [5, 5.41) is 3.61. The Morgan fingerprint density at radius 1 is 1.44 bits per heavy atom. The zero-order valence-electron chi connectivity index (χ0n) is 11.0. The molecule has 2 unspecified atom stereocenters. The van der Waals surface area contributed by atoms with Crippen molar-refractivity contribution in [3.63, 3.8) is 0 Å². The Kier molecular flexibility index (Phi) is 4.37. The van der Waals surface area contributed by atoms with Crippen LogP contribution in [-0.2, 0) is 6.54 Å². The first-order chi connectivity index (χ1) is 8.70. The van der Waals surface area contributed by atoms with Crippen molar-refractivity contribution in [2.75, 3.05) is 0 Å². The molecule has 98 valence electrons. The van der Waals surface area contributed by atoms with Crippen LogP contribution in [0, 0.1) is 5.92 Å². The quantitative estimate of drug-likeness (QED) is 0.838. The van der Waals surface area contributed by atoms with Crippen LogP contribution in [0.15, 0.2) is 24.3 Å². The van der Waals surface area contributed by atoms with Gasteiger partial charge in [-0.25, -0.2) is 0 Å². The molecule has 1 fully saturated rings. The molecule has 0 bridgehead atoms. The lowest BCUT2D eigenvalue weighted by atomic mass is 10.0. The Morgan fingerprint density at radius 3 is 3.00 bits per heavy atom. The first-order valence-corrected chi connectivity index (χ1v) is 6.83. The molecule has 3 heteroatoms. The standard InChI is InChI=1S/C15H22N2O/c1-2-12-6-4-8-14(12)17-10-11-5-3-7-13(9-11)15(16)18/h3,5,7,9,12,14,17H,2,4,6,8,10H2,1H3,(H2,16,18). The second-order valence-electron chi connectivity index (χ2n) is 5.15. The molecule has 1 aliphatic carbocycles. The molecule has 3 N–H and O–H groups in total. The summed E-state index contributed by atoms with van der Waals surface area (Å²) >= 11 is 0. The Hall–Kier alpha value is -1.35. The lowest BCUT2D eigenvalue weighted by Crippen LogP contribution is -2.31. The number of amides is 1. The number of carbonyl (C=O) groups is 1. The van der Waals surface area contributed by atoms with Gasteiger partial charge in [0.1, 0.15) is 0 Å². The van der Waals surface area contributed by atoms with Crippen molar-refractivity contribution in [1.82, 2.24) is 5.32 Å². The van der Waals surface area contributed by atoms with E-state index in [1.165, 1.54) is 25.7 Å². The van der Waals surface area contributed by atoms with Crippen molar-refractivity contribution in [2.24, 2.45) is 11.7 Å². The van der Waals surface area contributed by atoms with Gasteiger partial charge in [0, 0.05) is 18.2 Å². The van der Waals surface area contributed by atoms with Gasteiger partial charge in [-0.2, -0.15) is 0 Å². The maximum Gasteiger partial charge on any atom is 0.248 e. The Morgan fingerprint density at radius 2 is 2.28 bits per heavy atom. The fourth-order valence-electron chi connectivity index (χ4n) is 2.88. The van der Waals surface area contributed by atoms with Gasteiger partial charge in [0.2, 0.25) is 5.91 Å². The predicted octanol–water partition coefficient (Wildman–Crippen LogP) is 2.45. The number of primary amides is 1. The minimum absolute atomic E-state index is 0.357. The van der Waals surface area contributed by atoms with Gasteiger partial charge in [0.15, 0.2) is 0 Å². The van der Waals surface area contributed by atoms with E-state index in [4.69, 9.17) is 5.73 Å². The fraction of sp³-hybridized carbons (Fsp3) is 0.533. The van der Waals surface area contributed by atoms with E-state index < -0.39 is 0 Å². The Balaban J connectivity index is 1.93. The first-order valence-electron chi connectivity index (χ1n) is 6.83. The first kappa shape index (κ1) is 13.1. The maximum absolute atomic E-state index is 11.1. The number of carbonyl (C=O) groups excluding carboxylic acids is 1. The molecule has 1 aliphatic rings. The number of benzene rings is 1. The van der Waals surface area contributed by atoms with E-state index in [2.05, 4.69) is 12.2 Å². The Bertz CT molecular complexity index is 417. The summed E-state index contributed by atoms with van der Waals surface area (Å²) in [6.07, 6.45) is 5.19. The number of hydrogen-bond donors (Lipinski definition) is 2. The molecule has 1 amide bonds. The molecule has 0 radical (unpaired) electrons. The van der Waals surface area contributed by atoms with E-state index in [0.717, 1.165) is 18.0 Å². The number of rotatable bonds is 5. The third kappa shape index (κ3) is 3.10. The lowest BCUT2D eigenvalue weighted by Gasteiger charge is -2.19. The minimum Gasteiger partial charge on any atom is -0.366 e. The summed E-state index contributed by atoms with van der Waals surface area (Å²) in [5.74, 6) is 0.452. The number of nitrogens with one attached hydrogen (secondary N) is 1. The third-order valence-electron chi connectivity index (χ3n) is 3.96. The molecule has 0 spiro atoms. The zero-order valence-corrected chi connectivity index (χ0v) is 11.0. The van der Waals surface area contributed by atoms with Gasteiger partial charge in [-0.15, -0.1) is 0 Å². The minimum atomic E-state index is -0.357. The second-order valence-corrected chi connectivity index (χ2v) is 5.15. The zero-order chi connectivity index (χ0) is 13.0. The molecular formula is C15H22N2O. The topological polar surface area (TPSA) is 55.1 Å². The van der Waals surface area contributed by atoms with Crippen molar-refractivity contribution in [2.45, 2.75) is 45.2 Å². The molecule has 2 atom stereocenters. The highest BCUT2D eigenvalue weighted by molar-refractivity contribution is 5.92. The van der Waals surface area contributed by atoms with Crippen molar-refractivity contribution in [1.29, 1.82) is 0 Å². The molecular weight excluding hydrogens is 224 g/mol. The van der Waals surface area contributed by atoms with Crippen LogP contribution < -0.4 is 11.1 Å². The molecule has 1 saturated carbocycles. The third-order valence-corrected chi connectivity index (χ3v) is 3.96. The van der Waals surface area contributed by atoms with Crippen LogP contribution >= 0.6 is 0 Å². The van der Waals surface area contributed by atoms with Gasteiger partial charge in [0.05, 0.1) is 0 Å². The average Bonchev–Trinajstić information content (AvgIpc) is 2.84. The van der Waals surface area contributed by atoms with Crippen LogP contribution in [0.4, 0.5) is 0 Å². The molecule has 2 rings (SSSR count).